The van der Waals surface area contributed by atoms with Gasteiger partial charge in [0, 0.05) is 7.05 Å². The Morgan fingerprint density at radius 1 is 1.57 bits per heavy atom. The van der Waals surface area contributed by atoms with Crippen molar-refractivity contribution in [3.05, 3.63) is 0 Å². The van der Waals surface area contributed by atoms with Gasteiger partial charge in [-0.1, -0.05) is 19.8 Å². The monoisotopic (exact) mass is 195 g/mol. The van der Waals surface area contributed by atoms with Gasteiger partial charge in [-0.15, -0.1) is 0 Å². The van der Waals surface area contributed by atoms with Gasteiger partial charge in [0.15, 0.2) is 0 Å². The maximum absolute atomic E-state index is 11.5. The molecule has 1 spiro atoms. The minimum Gasteiger partial charge on any atom is -0.314 e. The number of hydrogen-bond donors (Lipinski definition) is 2. The van der Waals surface area contributed by atoms with Gasteiger partial charge in [0.2, 0.25) is 0 Å². The van der Waals surface area contributed by atoms with Crippen LogP contribution in [0.1, 0.15) is 32.6 Å². The Kier molecular flexibility index (Phi) is 2.01. The lowest BCUT2D eigenvalue weighted by molar-refractivity contribution is 0.125. The fourth-order valence-corrected chi connectivity index (χ4v) is 2.85. The molecular formula is C10H17N3O. The highest BCUT2D eigenvalue weighted by molar-refractivity contribution is 6.08. The van der Waals surface area contributed by atoms with Gasteiger partial charge in [0.1, 0.15) is 11.4 Å². The van der Waals surface area contributed by atoms with Crippen LogP contribution in [0.2, 0.25) is 0 Å². The van der Waals surface area contributed by atoms with Crippen LogP contribution in [0.4, 0.5) is 4.79 Å². The Morgan fingerprint density at radius 3 is 2.79 bits per heavy atom. The normalized spacial score (nSPS) is 37.9. The van der Waals surface area contributed by atoms with E-state index in [1.54, 1.807) is 11.9 Å². The lowest BCUT2D eigenvalue weighted by atomic mass is 9.72. The summed E-state index contributed by atoms with van der Waals surface area (Å²) in [6.07, 6.45) is 4.38. The van der Waals surface area contributed by atoms with Crippen LogP contribution in [0.15, 0.2) is 0 Å². The summed E-state index contributed by atoms with van der Waals surface area (Å²) >= 11 is 0. The molecule has 2 unspecified atom stereocenters. The number of amidine groups is 1. The minimum atomic E-state index is -0.324. The van der Waals surface area contributed by atoms with E-state index >= 15 is 0 Å². The molecule has 2 fully saturated rings. The van der Waals surface area contributed by atoms with Gasteiger partial charge in [0.25, 0.3) is 0 Å². The summed E-state index contributed by atoms with van der Waals surface area (Å²) in [7, 11) is 1.80. The van der Waals surface area contributed by atoms with Crippen LogP contribution < -0.4 is 5.32 Å². The summed E-state index contributed by atoms with van der Waals surface area (Å²) in [5.74, 6) is 0.796. The lowest BCUT2D eigenvalue weighted by Crippen LogP contribution is -2.54. The molecule has 0 aromatic heterocycles. The number of amides is 2. The van der Waals surface area contributed by atoms with E-state index in [0.717, 1.165) is 19.3 Å². The average Bonchev–Trinajstić information content (AvgIpc) is 2.36. The molecule has 0 aromatic rings. The molecule has 2 amide bonds. The third-order valence-corrected chi connectivity index (χ3v) is 3.83. The molecule has 1 aliphatic carbocycles. The molecule has 0 bridgehead atoms. The maximum atomic E-state index is 11.5. The van der Waals surface area contributed by atoms with Gasteiger partial charge in [-0.2, -0.15) is 0 Å². The molecule has 2 rings (SSSR count). The summed E-state index contributed by atoms with van der Waals surface area (Å²) in [5, 5.41) is 10.5. The molecular weight excluding hydrogens is 178 g/mol. The van der Waals surface area contributed by atoms with Gasteiger partial charge in [-0.3, -0.25) is 10.7 Å². The zero-order valence-corrected chi connectivity index (χ0v) is 8.76. The van der Waals surface area contributed by atoms with E-state index in [1.165, 1.54) is 6.42 Å². The predicted molar refractivity (Wildman–Crippen MR) is 54.4 cm³/mol. The van der Waals surface area contributed by atoms with Crippen molar-refractivity contribution in [3.8, 4) is 0 Å². The van der Waals surface area contributed by atoms with E-state index in [-0.39, 0.29) is 11.6 Å². The van der Waals surface area contributed by atoms with Crippen molar-refractivity contribution < 1.29 is 4.79 Å². The SMILES string of the molecule is CC1CCCCC12C(=N)NC(=O)N2C. The second kappa shape index (κ2) is 2.97. The van der Waals surface area contributed by atoms with Crippen molar-refractivity contribution >= 4 is 11.9 Å². The molecule has 78 valence electrons. The average molecular weight is 195 g/mol. The Balaban J connectivity index is 2.36. The second-order valence-electron chi connectivity index (χ2n) is 4.44. The van der Waals surface area contributed by atoms with Gasteiger partial charge < -0.3 is 4.90 Å². The molecule has 2 aliphatic rings. The number of carbonyl (C=O) groups is 1. The molecule has 2 atom stereocenters. The first-order valence-corrected chi connectivity index (χ1v) is 5.23. The number of hydrogen-bond acceptors (Lipinski definition) is 2. The fraction of sp³-hybridized carbons (Fsp3) is 0.800. The Morgan fingerprint density at radius 2 is 2.29 bits per heavy atom. The van der Waals surface area contributed by atoms with Crippen LogP contribution in [0, 0.1) is 11.3 Å². The quantitative estimate of drug-likeness (QED) is 0.605. The summed E-state index contributed by atoms with van der Waals surface area (Å²) in [6.45, 7) is 2.14. The molecule has 4 nitrogen and oxygen atoms in total. The van der Waals surface area contributed by atoms with Gasteiger partial charge in [-0.05, 0) is 18.8 Å². The van der Waals surface area contributed by atoms with Crippen molar-refractivity contribution in [2.45, 2.75) is 38.1 Å². The third kappa shape index (κ3) is 0.996. The molecule has 1 saturated heterocycles. The highest BCUT2D eigenvalue weighted by Gasteiger charge is 2.52. The fourth-order valence-electron chi connectivity index (χ4n) is 2.85. The first-order valence-electron chi connectivity index (χ1n) is 5.23. The standard InChI is InChI=1S/C10H17N3O/c1-7-5-3-4-6-10(7)8(11)12-9(14)13(10)2/h7H,3-6H2,1-2H3,(H2,11,12,14). The highest BCUT2D eigenvalue weighted by Crippen LogP contribution is 2.40. The Labute approximate surface area is 84.2 Å². The molecule has 0 aromatic carbocycles. The van der Waals surface area contributed by atoms with Crippen molar-refractivity contribution in [1.29, 1.82) is 5.41 Å². The summed E-state index contributed by atoms with van der Waals surface area (Å²) in [5.41, 5.74) is -0.324. The predicted octanol–water partition coefficient (Wildman–Crippen LogP) is 1.57. The second-order valence-corrected chi connectivity index (χ2v) is 4.44. The smallest absolute Gasteiger partial charge is 0.314 e. The topological polar surface area (TPSA) is 56.2 Å². The Hall–Kier alpha value is -1.06. The molecule has 1 saturated carbocycles. The van der Waals surface area contributed by atoms with E-state index in [2.05, 4.69) is 12.2 Å². The summed E-state index contributed by atoms with van der Waals surface area (Å²) < 4.78 is 0. The highest BCUT2D eigenvalue weighted by atomic mass is 16.2. The number of carbonyl (C=O) groups excluding carboxylic acids is 1. The first kappa shape index (κ1) is 9.49. The summed E-state index contributed by atoms with van der Waals surface area (Å²) in [4.78, 5) is 13.2. The molecule has 14 heavy (non-hydrogen) atoms. The minimum absolute atomic E-state index is 0.122. The van der Waals surface area contributed by atoms with Crippen LogP contribution in [-0.2, 0) is 0 Å². The Bertz CT molecular complexity index is 289. The van der Waals surface area contributed by atoms with Crippen molar-refractivity contribution in [2.75, 3.05) is 7.05 Å². The molecule has 4 heteroatoms. The lowest BCUT2D eigenvalue weighted by Gasteiger charge is -2.42. The van der Waals surface area contributed by atoms with E-state index in [9.17, 15) is 4.79 Å². The van der Waals surface area contributed by atoms with Crippen LogP contribution in [0.3, 0.4) is 0 Å². The van der Waals surface area contributed by atoms with Gasteiger partial charge >= 0.3 is 6.03 Å². The van der Waals surface area contributed by atoms with Gasteiger partial charge in [0.05, 0.1) is 0 Å². The zero-order valence-electron chi connectivity index (χ0n) is 8.76. The van der Waals surface area contributed by atoms with E-state index in [1.807, 2.05) is 0 Å². The van der Waals surface area contributed by atoms with Crippen LogP contribution in [-0.4, -0.2) is 29.4 Å². The number of likely N-dealkylation sites (N-methyl/N-ethyl adjacent to an activating group) is 1. The summed E-state index contributed by atoms with van der Waals surface area (Å²) in [6, 6.07) is -0.122. The van der Waals surface area contributed by atoms with Crippen molar-refractivity contribution in [1.82, 2.24) is 10.2 Å². The molecule has 1 aliphatic heterocycles. The van der Waals surface area contributed by atoms with Crippen molar-refractivity contribution in [2.24, 2.45) is 5.92 Å². The number of urea groups is 1. The van der Waals surface area contributed by atoms with E-state index < -0.39 is 0 Å². The number of nitrogens with one attached hydrogen (secondary N) is 2. The number of rotatable bonds is 0. The van der Waals surface area contributed by atoms with E-state index in [0.29, 0.717) is 11.8 Å². The maximum Gasteiger partial charge on any atom is 0.323 e. The van der Waals surface area contributed by atoms with Gasteiger partial charge in [-0.25, -0.2) is 4.79 Å². The van der Waals surface area contributed by atoms with E-state index in [4.69, 9.17) is 5.41 Å². The van der Waals surface area contributed by atoms with Crippen LogP contribution >= 0.6 is 0 Å². The first-order chi connectivity index (χ1) is 6.59. The molecule has 0 radical (unpaired) electrons. The zero-order chi connectivity index (χ0) is 10.3. The largest absolute Gasteiger partial charge is 0.323 e. The van der Waals surface area contributed by atoms with Crippen LogP contribution in [0.5, 0.6) is 0 Å². The number of nitrogens with zero attached hydrogens (tertiary/aromatic N) is 1. The van der Waals surface area contributed by atoms with Crippen LogP contribution in [0.25, 0.3) is 0 Å². The molecule has 1 heterocycles. The third-order valence-electron chi connectivity index (χ3n) is 3.83. The molecule has 2 N–H and O–H groups in total. The van der Waals surface area contributed by atoms with Crippen molar-refractivity contribution in [3.63, 3.8) is 0 Å².